The maximum atomic E-state index is 13.0. The number of carbonyl (C=O) groups is 1. The van der Waals surface area contributed by atoms with E-state index in [0.717, 1.165) is 42.6 Å². The van der Waals surface area contributed by atoms with E-state index in [1.54, 1.807) is 12.1 Å². The molecule has 204 valence electrons. The molecule has 1 amide bonds. The number of rotatable bonds is 5. The molecule has 2 aliphatic heterocycles. The fraction of sp³-hybridized carbons (Fsp3) is 0.310. The molecule has 4 aromatic rings. The molecule has 2 unspecified atom stereocenters. The molecule has 1 aliphatic carbocycles. The Hall–Kier alpha value is -4.09. The third-order valence-corrected chi connectivity index (χ3v) is 10.5. The minimum Gasteiger partial charge on any atom is -0.383 e. The van der Waals surface area contributed by atoms with E-state index in [4.69, 9.17) is 10.8 Å². The van der Waals surface area contributed by atoms with Crippen LogP contribution in [0, 0.1) is 11.8 Å². The van der Waals surface area contributed by atoms with Crippen LogP contribution in [0.2, 0.25) is 0 Å². The molecular formula is C29H29N7O3S. The highest BCUT2D eigenvalue weighted by atomic mass is 32.2. The predicted molar refractivity (Wildman–Crippen MR) is 150 cm³/mol. The van der Waals surface area contributed by atoms with Crippen molar-refractivity contribution in [2.75, 3.05) is 18.8 Å². The highest BCUT2D eigenvalue weighted by molar-refractivity contribution is 7.89. The molecular weight excluding hydrogens is 526 g/mol. The molecule has 1 saturated carbocycles. The van der Waals surface area contributed by atoms with Gasteiger partial charge in [0.05, 0.1) is 16.3 Å². The fourth-order valence-corrected chi connectivity index (χ4v) is 8.26. The van der Waals surface area contributed by atoms with Crippen LogP contribution in [0.1, 0.15) is 30.0 Å². The Balaban J connectivity index is 1.15. The van der Waals surface area contributed by atoms with Gasteiger partial charge < -0.3 is 10.6 Å². The molecule has 11 heteroatoms. The average Bonchev–Trinajstić information content (AvgIpc) is 3.69. The van der Waals surface area contributed by atoms with Gasteiger partial charge in [-0.2, -0.15) is 9.40 Å². The molecule has 2 atom stereocenters. The van der Waals surface area contributed by atoms with E-state index in [2.05, 4.69) is 16.5 Å². The number of nitrogens with zero attached hydrogens (tertiary/aromatic N) is 6. The lowest BCUT2D eigenvalue weighted by atomic mass is 10.0. The van der Waals surface area contributed by atoms with Gasteiger partial charge in [0.15, 0.2) is 5.65 Å². The van der Waals surface area contributed by atoms with Crippen LogP contribution in [-0.4, -0.2) is 56.4 Å². The largest absolute Gasteiger partial charge is 0.383 e. The summed E-state index contributed by atoms with van der Waals surface area (Å²) in [5, 5.41) is 5.73. The zero-order chi connectivity index (χ0) is 27.6. The third kappa shape index (κ3) is 3.91. The predicted octanol–water partition coefficient (Wildman–Crippen LogP) is 3.38. The van der Waals surface area contributed by atoms with Gasteiger partial charge in [0.2, 0.25) is 15.9 Å². The number of nitrogens with two attached hydrogens (primary N) is 1. The van der Waals surface area contributed by atoms with Crippen LogP contribution in [0.5, 0.6) is 0 Å². The number of nitrogen functional groups attached to an aromatic ring is 1. The summed E-state index contributed by atoms with van der Waals surface area (Å²) in [4.78, 5) is 23.2. The van der Waals surface area contributed by atoms with Crippen molar-refractivity contribution in [1.82, 2.24) is 29.0 Å². The van der Waals surface area contributed by atoms with E-state index in [9.17, 15) is 13.2 Å². The fourth-order valence-electron chi connectivity index (χ4n) is 6.64. The van der Waals surface area contributed by atoms with Crippen LogP contribution in [0.25, 0.3) is 22.3 Å². The lowest BCUT2D eigenvalue weighted by Gasteiger charge is -2.18. The Morgan fingerprint density at radius 1 is 1.05 bits per heavy atom. The van der Waals surface area contributed by atoms with Gasteiger partial charge in [0.25, 0.3) is 0 Å². The van der Waals surface area contributed by atoms with Crippen LogP contribution in [0.4, 0.5) is 5.82 Å². The van der Waals surface area contributed by atoms with Crippen molar-refractivity contribution in [3.8, 4) is 11.3 Å². The summed E-state index contributed by atoms with van der Waals surface area (Å²) < 4.78 is 29.5. The number of hydrogen-bond donors (Lipinski definition) is 1. The summed E-state index contributed by atoms with van der Waals surface area (Å²) in [6.07, 6.45) is 4.69. The van der Waals surface area contributed by atoms with Crippen molar-refractivity contribution in [1.29, 1.82) is 0 Å². The smallest absolute Gasteiger partial charge is 0.245 e. The van der Waals surface area contributed by atoms with Crippen LogP contribution >= 0.6 is 0 Å². The first kappa shape index (κ1) is 24.9. The summed E-state index contributed by atoms with van der Waals surface area (Å²) in [5.41, 5.74) is 10.3. The van der Waals surface area contributed by atoms with E-state index in [1.165, 1.54) is 16.7 Å². The van der Waals surface area contributed by atoms with E-state index in [0.29, 0.717) is 45.8 Å². The Bertz CT molecular complexity index is 1750. The van der Waals surface area contributed by atoms with Crippen molar-refractivity contribution in [3.63, 3.8) is 0 Å². The Labute approximate surface area is 232 Å². The van der Waals surface area contributed by atoms with Crippen molar-refractivity contribution in [2.24, 2.45) is 11.8 Å². The van der Waals surface area contributed by atoms with Gasteiger partial charge in [-0.3, -0.25) is 4.79 Å². The lowest BCUT2D eigenvalue weighted by Crippen LogP contribution is -2.28. The minimum atomic E-state index is -3.51. The Morgan fingerprint density at radius 2 is 1.77 bits per heavy atom. The average molecular weight is 556 g/mol. The zero-order valence-electron chi connectivity index (χ0n) is 21.8. The molecule has 2 N–H and O–H groups in total. The first-order valence-corrected chi connectivity index (χ1v) is 14.8. The molecule has 3 aliphatic rings. The van der Waals surface area contributed by atoms with Crippen molar-refractivity contribution in [2.45, 2.75) is 36.9 Å². The lowest BCUT2D eigenvalue weighted by molar-refractivity contribution is -0.125. The number of benzene rings is 2. The maximum Gasteiger partial charge on any atom is 0.245 e. The molecule has 2 aromatic carbocycles. The van der Waals surface area contributed by atoms with E-state index in [-0.39, 0.29) is 18.5 Å². The van der Waals surface area contributed by atoms with Crippen molar-refractivity contribution in [3.05, 3.63) is 78.6 Å². The SMILES string of the molecule is C=CC(=O)N1CC2CC(n3nc(-c4ccc(CN5Cc6ccccc6S5(=O)=O)cc4)c4c(N)ncnc43)CC2C1. The van der Waals surface area contributed by atoms with Gasteiger partial charge in [-0.1, -0.05) is 49.0 Å². The summed E-state index contributed by atoms with van der Waals surface area (Å²) >= 11 is 0. The number of amides is 1. The van der Waals surface area contributed by atoms with Gasteiger partial charge in [0, 0.05) is 31.7 Å². The third-order valence-electron chi connectivity index (χ3n) is 8.60. The molecule has 2 fully saturated rings. The van der Waals surface area contributed by atoms with E-state index < -0.39 is 10.0 Å². The Morgan fingerprint density at radius 3 is 2.48 bits per heavy atom. The first-order valence-electron chi connectivity index (χ1n) is 13.4. The quantitative estimate of drug-likeness (QED) is 0.374. The highest BCUT2D eigenvalue weighted by Crippen LogP contribution is 2.45. The number of likely N-dealkylation sites (tertiary alicyclic amines) is 1. The summed E-state index contributed by atoms with van der Waals surface area (Å²) in [5.74, 6) is 1.21. The second-order valence-corrected chi connectivity index (χ2v) is 12.8. The number of sulfonamides is 1. The first-order chi connectivity index (χ1) is 19.3. The number of hydrogen-bond acceptors (Lipinski definition) is 7. The second-order valence-electron chi connectivity index (χ2n) is 10.9. The summed E-state index contributed by atoms with van der Waals surface area (Å²) in [6, 6.07) is 15.1. The zero-order valence-corrected chi connectivity index (χ0v) is 22.7. The standard InChI is InChI=1S/C29H29N7O3S/c1-2-25(37)34-14-21-11-23(12-22(21)15-34)36-29-26(28(30)31-17-32-29)27(33-36)19-9-7-18(8-10-19)13-35-16-20-5-3-4-6-24(20)40(35,38)39/h2-10,17,21-23H,1,11-16H2,(H2,30,31,32). The van der Waals surface area contributed by atoms with Gasteiger partial charge in [-0.05, 0) is 47.9 Å². The molecule has 0 spiro atoms. The highest BCUT2D eigenvalue weighted by Gasteiger charge is 2.43. The minimum absolute atomic E-state index is 0.00592. The number of fused-ring (bicyclic) bond motifs is 3. The Kier molecular flexibility index (Phi) is 5.76. The second kappa shape index (κ2) is 9.24. The topological polar surface area (TPSA) is 127 Å². The van der Waals surface area contributed by atoms with Crippen LogP contribution in [-0.2, 0) is 27.9 Å². The monoisotopic (exact) mass is 555 g/mol. The van der Waals surface area contributed by atoms with Crippen LogP contribution < -0.4 is 5.73 Å². The number of carbonyl (C=O) groups excluding carboxylic acids is 1. The molecule has 10 nitrogen and oxygen atoms in total. The van der Waals surface area contributed by atoms with E-state index in [1.807, 2.05) is 46.0 Å². The molecule has 0 radical (unpaired) electrons. The molecule has 0 bridgehead atoms. The van der Waals surface area contributed by atoms with Crippen molar-refractivity contribution >= 4 is 32.8 Å². The number of anilines is 1. The van der Waals surface area contributed by atoms with Crippen LogP contribution in [0.15, 0.2) is 72.4 Å². The van der Waals surface area contributed by atoms with Gasteiger partial charge in [-0.15, -0.1) is 0 Å². The summed E-state index contributed by atoms with van der Waals surface area (Å²) in [7, 11) is -3.51. The molecule has 40 heavy (non-hydrogen) atoms. The summed E-state index contributed by atoms with van der Waals surface area (Å²) in [6.45, 7) is 5.76. The molecule has 7 rings (SSSR count). The van der Waals surface area contributed by atoms with Gasteiger partial charge in [-0.25, -0.2) is 23.1 Å². The normalized spacial score (nSPS) is 23.4. The van der Waals surface area contributed by atoms with Gasteiger partial charge >= 0.3 is 0 Å². The van der Waals surface area contributed by atoms with E-state index >= 15 is 0 Å². The van der Waals surface area contributed by atoms with Crippen LogP contribution in [0.3, 0.4) is 0 Å². The van der Waals surface area contributed by atoms with Gasteiger partial charge in [0.1, 0.15) is 17.8 Å². The maximum absolute atomic E-state index is 13.0. The molecule has 1 saturated heterocycles. The van der Waals surface area contributed by atoms with Crippen molar-refractivity contribution < 1.29 is 13.2 Å². The number of aromatic nitrogens is 4. The molecule has 4 heterocycles. The molecule has 2 aromatic heterocycles.